The summed E-state index contributed by atoms with van der Waals surface area (Å²) in [5.74, 6) is -0.613. The number of hydrogen-bond donors (Lipinski definition) is 0. The van der Waals surface area contributed by atoms with Crippen LogP contribution in [0.5, 0.6) is 5.75 Å². The molecule has 0 unspecified atom stereocenters. The van der Waals surface area contributed by atoms with E-state index in [0.29, 0.717) is 8.95 Å². The third kappa shape index (κ3) is 3.29. The molecule has 0 spiro atoms. The minimum atomic E-state index is -0.442. The van der Waals surface area contributed by atoms with Crippen molar-refractivity contribution in [2.45, 2.75) is 6.61 Å². The number of ether oxygens (including phenoxy) is 1. The predicted molar refractivity (Wildman–Crippen MR) is 72.5 cm³/mol. The highest BCUT2D eigenvalue weighted by Gasteiger charge is 2.06. The number of rotatable bonds is 3. The molecule has 0 aliphatic rings. The summed E-state index contributed by atoms with van der Waals surface area (Å²) in [7, 11) is 0. The molecule has 0 radical (unpaired) electrons. The minimum Gasteiger partial charge on any atom is -0.486 e. The van der Waals surface area contributed by atoms with Crippen molar-refractivity contribution in [1.82, 2.24) is 0 Å². The molecule has 0 amide bonds. The average molecular weight is 378 g/mol. The second kappa shape index (κ2) is 5.80. The lowest BCUT2D eigenvalue weighted by atomic mass is 10.2. The smallest absolute Gasteiger partial charge is 0.166 e. The van der Waals surface area contributed by atoms with Gasteiger partial charge in [0.25, 0.3) is 0 Å². The van der Waals surface area contributed by atoms with Gasteiger partial charge in [-0.3, -0.25) is 0 Å². The van der Waals surface area contributed by atoms with Gasteiger partial charge in [-0.2, -0.15) is 0 Å². The third-order valence-corrected chi connectivity index (χ3v) is 3.52. The average Bonchev–Trinajstić information content (AvgIpc) is 2.30. The van der Waals surface area contributed by atoms with Crippen LogP contribution in [0.1, 0.15) is 5.56 Å². The van der Waals surface area contributed by atoms with E-state index < -0.39 is 5.82 Å². The molecule has 1 nitrogen and oxygen atoms in total. The van der Waals surface area contributed by atoms with E-state index in [1.807, 2.05) is 0 Å². The van der Waals surface area contributed by atoms with Crippen molar-refractivity contribution in [2.75, 3.05) is 0 Å². The van der Waals surface area contributed by atoms with Crippen LogP contribution in [0.4, 0.5) is 8.78 Å². The van der Waals surface area contributed by atoms with Gasteiger partial charge in [-0.1, -0.05) is 37.9 Å². The van der Waals surface area contributed by atoms with Crippen molar-refractivity contribution >= 4 is 31.9 Å². The lowest BCUT2D eigenvalue weighted by molar-refractivity contribution is 0.289. The molecular weight excluding hydrogens is 370 g/mol. The zero-order valence-electron chi connectivity index (χ0n) is 9.09. The molecule has 2 aromatic rings. The maximum Gasteiger partial charge on any atom is 0.166 e. The van der Waals surface area contributed by atoms with Crippen LogP contribution in [-0.2, 0) is 6.61 Å². The van der Waals surface area contributed by atoms with Gasteiger partial charge in [0.2, 0.25) is 0 Å². The Kier molecular flexibility index (Phi) is 4.35. The Bertz CT molecular complexity index is 521. The zero-order chi connectivity index (χ0) is 13.1. The first kappa shape index (κ1) is 13.5. The molecule has 0 aromatic heterocycles. The van der Waals surface area contributed by atoms with Crippen LogP contribution in [0, 0.1) is 11.6 Å². The summed E-state index contributed by atoms with van der Waals surface area (Å²) in [6, 6.07) is 8.83. The van der Waals surface area contributed by atoms with Crippen molar-refractivity contribution in [2.24, 2.45) is 0 Å². The standard InChI is InChI=1S/C13H8Br2F2O/c14-9-2-4-13(12(17)5-9)18-7-8-1-3-10(16)6-11(8)15/h1-6H,7H2. The van der Waals surface area contributed by atoms with Crippen LogP contribution in [0.2, 0.25) is 0 Å². The summed E-state index contributed by atoms with van der Waals surface area (Å²) >= 11 is 6.40. The summed E-state index contributed by atoms with van der Waals surface area (Å²) in [4.78, 5) is 0. The summed E-state index contributed by atoms with van der Waals surface area (Å²) in [5, 5.41) is 0. The van der Waals surface area contributed by atoms with Gasteiger partial charge in [0.15, 0.2) is 11.6 Å². The van der Waals surface area contributed by atoms with Crippen LogP contribution in [-0.4, -0.2) is 0 Å². The molecule has 0 fully saturated rings. The van der Waals surface area contributed by atoms with Gasteiger partial charge in [0.05, 0.1) is 0 Å². The lowest BCUT2D eigenvalue weighted by Gasteiger charge is -2.09. The zero-order valence-corrected chi connectivity index (χ0v) is 12.3. The highest BCUT2D eigenvalue weighted by molar-refractivity contribution is 9.10. The molecule has 0 aliphatic heterocycles. The Labute approximate surface area is 120 Å². The van der Waals surface area contributed by atoms with E-state index in [1.54, 1.807) is 12.1 Å². The van der Waals surface area contributed by atoms with Crippen molar-refractivity contribution < 1.29 is 13.5 Å². The van der Waals surface area contributed by atoms with E-state index in [4.69, 9.17) is 4.74 Å². The second-order valence-electron chi connectivity index (χ2n) is 3.60. The van der Waals surface area contributed by atoms with E-state index >= 15 is 0 Å². The van der Waals surface area contributed by atoms with Crippen LogP contribution in [0.15, 0.2) is 45.3 Å². The van der Waals surface area contributed by atoms with Gasteiger partial charge in [0, 0.05) is 14.5 Å². The summed E-state index contributed by atoms with van der Waals surface area (Å²) in [6.45, 7) is 0.166. The molecule has 2 rings (SSSR count). The maximum atomic E-state index is 13.5. The second-order valence-corrected chi connectivity index (χ2v) is 5.37. The molecule has 0 bridgehead atoms. The topological polar surface area (TPSA) is 9.23 Å². The van der Waals surface area contributed by atoms with E-state index in [1.165, 1.54) is 24.3 Å². The van der Waals surface area contributed by atoms with Crippen molar-refractivity contribution in [3.05, 3.63) is 62.5 Å². The fourth-order valence-electron chi connectivity index (χ4n) is 1.39. The number of hydrogen-bond acceptors (Lipinski definition) is 1. The van der Waals surface area contributed by atoms with Crippen molar-refractivity contribution in [1.29, 1.82) is 0 Å². The van der Waals surface area contributed by atoms with E-state index in [0.717, 1.165) is 5.56 Å². The monoisotopic (exact) mass is 376 g/mol. The number of benzene rings is 2. The fraction of sp³-hybridized carbons (Fsp3) is 0.0769. The van der Waals surface area contributed by atoms with E-state index in [9.17, 15) is 8.78 Å². The highest BCUT2D eigenvalue weighted by Crippen LogP contribution is 2.24. The molecular formula is C13H8Br2F2O. The largest absolute Gasteiger partial charge is 0.486 e. The summed E-state index contributed by atoms with van der Waals surface area (Å²) in [6.07, 6.45) is 0. The fourth-order valence-corrected chi connectivity index (χ4v) is 2.18. The molecule has 0 atom stereocenters. The molecule has 0 saturated carbocycles. The van der Waals surface area contributed by atoms with Gasteiger partial charge in [-0.05, 0) is 30.3 Å². The molecule has 94 valence electrons. The normalized spacial score (nSPS) is 10.4. The molecule has 5 heteroatoms. The molecule has 18 heavy (non-hydrogen) atoms. The van der Waals surface area contributed by atoms with Crippen LogP contribution in [0.25, 0.3) is 0 Å². The SMILES string of the molecule is Fc1ccc(COc2ccc(Br)cc2F)c(Br)c1. The molecule has 0 aliphatic carbocycles. The van der Waals surface area contributed by atoms with Crippen molar-refractivity contribution in [3.8, 4) is 5.75 Å². The van der Waals surface area contributed by atoms with Gasteiger partial charge in [-0.15, -0.1) is 0 Å². The van der Waals surface area contributed by atoms with Crippen LogP contribution < -0.4 is 4.74 Å². The minimum absolute atomic E-state index is 0.162. The Balaban J connectivity index is 2.11. The summed E-state index contributed by atoms with van der Waals surface area (Å²) in [5.41, 5.74) is 0.749. The molecule has 2 aromatic carbocycles. The Morgan fingerprint density at radius 2 is 1.78 bits per heavy atom. The summed E-state index contributed by atoms with van der Waals surface area (Å²) < 4.78 is 33.0. The van der Waals surface area contributed by atoms with Gasteiger partial charge >= 0.3 is 0 Å². The first-order valence-corrected chi connectivity index (χ1v) is 6.66. The van der Waals surface area contributed by atoms with Gasteiger partial charge in [-0.25, -0.2) is 8.78 Å². The molecule has 0 saturated heterocycles. The molecule has 0 heterocycles. The van der Waals surface area contributed by atoms with Crippen LogP contribution in [0.3, 0.4) is 0 Å². The quantitative estimate of drug-likeness (QED) is 0.725. The Morgan fingerprint density at radius 1 is 1.00 bits per heavy atom. The first-order valence-electron chi connectivity index (χ1n) is 5.08. The van der Waals surface area contributed by atoms with Gasteiger partial charge < -0.3 is 4.74 Å². The third-order valence-electron chi connectivity index (χ3n) is 2.29. The predicted octanol–water partition coefficient (Wildman–Crippen LogP) is 5.07. The highest BCUT2D eigenvalue weighted by atomic mass is 79.9. The van der Waals surface area contributed by atoms with Crippen LogP contribution >= 0.6 is 31.9 Å². The molecule has 0 N–H and O–H groups in total. The van der Waals surface area contributed by atoms with E-state index in [2.05, 4.69) is 31.9 Å². The maximum absolute atomic E-state index is 13.5. The Morgan fingerprint density at radius 3 is 2.44 bits per heavy atom. The Hall–Kier alpha value is -0.940. The van der Waals surface area contributed by atoms with Gasteiger partial charge in [0.1, 0.15) is 12.4 Å². The van der Waals surface area contributed by atoms with E-state index in [-0.39, 0.29) is 18.2 Å². The lowest BCUT2D eigenvalue weighted by Crippen LogP contribution is -1.98. The first-order chi connectivity index (χ1) is 8.56. The van der Waals surface area contributed by atoms with Crippen molar-refractivity contribution in [3.63, 3.8) is 0 Å². The number of halogens is 4.